The van der Waals surface area contributed by atoms with Crippen molar-refractivity contribution in [3.8, 4) is 5.75 Å². The summed E-state index contributed by atoms with van der Waals surface area (Å²) in [5, 5.41) is 7.48. The molecule has 0 spiro atoms. The van der Waals surface area contributed by atoms with E-state index >= 15 is 0 Å². The molecule has 0 aliphatic rings. The third-order valence-electron chi connectivity index (χ3n) is 3.92. The van der Waals surface area contributed by atoms with E-state index in [9.17, 15) is 9.59 Å². The van der Waals surface area contributed by atoms with Gasteiger partial charge in [0.2, 0.25) is 0 Å². The molecule has 0 bridgehead atoms. The molecule has 0 saturated carbocycles. The second-order valence-electron chi connectivity index (χ2n) is 6.26. The number of hydrogen-bond donors (Lipinski definition) is 2. The molecule has 3 rings (SSSR count). The van der Waals surface area contributed by atoms with Crippen molar-refractivity contribution in [2.45, 2.75) is 6.61 Å². The Hall–Kier alpha value is -3.06. The van der Waals surface area contributed by atoms with Gasteiger partial charge < -0.3 is 10.1 Å². The molecule has 0 heterocycles. The zero-order chi connectivity index (χ0) is 22.2. The lowest BCUT2D eigenvalue weighted by Gasteiger charge is -2.08. The van der Waals surface area contributed by atoms with E-state index in [4.69, 9.17) is 39.5 Å². The van der Waals surface area contributed by atoms with Crippen molar-refractivity contribution in [3.05, 3.63) is 92.9 Å². The van der Waals surface area contributed by atoms with E-state index in [1.807, 2.05) is 18.2 Å². The molecular weight excluding hydrogens is 461 g/mol. The first-order chi connectivity index (χ1) is 14.9. The van der Waals surface area contributed by atoms with Gasteiger partial charge in [0.05, 0.1) is 6.21 Å². The van der Waals surface area contributed by atoms with Crippen LogP contribution in [0.5, 0.6) is 5.75 Å². The van der Waals surface area contributed by atoms with Crippen molar-refractivity contribution in [2.75, 3.05) is 5.32 Å². The standard InChI is InChI=1S/C22H16Cl3N3O3/c23-16-9-17(24)11-18(10-16)27-21(29)22(30)28-26-12-14-4-3-6-19(8-14)31-13-15-5-1-2-7-20(15)25/h1-12H,13H2,(H,27,29)(H,28,30)/b26-12+. The van der Waals surface area contributed by atoms with E-state index in [0.717, 1.165) is 5.56 Å². The van der Waals surface area contributed by atoms with Gasteiger partial charge in [-0.1, -0.05) is 65.1 Å². The van der Waals surface area contributed by atoms with Gasteiger partial charge in [0.25, 0.3) is 0 Å². The highest BCUT2D eigenvalue weighted by Gasteiger charge is 2.13. The van der Waals surface area contributed by atoms with Gasteiger partial charge in [-0.3, -0.25) is 9.59 Å². The van der Waals surface area contributed by atoms with Crippen LogP contribution in [0.2, 0.25) is 15.1 Å². The van der Waals surface area contributed by atoms with Crippen molar-refractivity contribution >= 4 is 58.5 Å². The number of carbonyl (C=O) groups excluding carboxylic acids is 2. The van der Waals surface area contributed by atoms with Gasteiger partial charge in [0.1, 0.15) is 12.4 Å². The molecule has 3 aromatic rings. The fraction of sp³-hybridized carbons (Fsp3) is 0.0455. The maximum atomic E-state index is 12.0. The van der Waals surface area contributed by atoms with Crippen LogP contribution >= 0.6 is 34.8 Å². The molecule has 0 aromatic heterocycles. The van der Waals surface area contributed by atoms with Crippen LogP contribution in [0.1, 0.15) is 11.1 Å². The zero-order valence-corrected chi connectivity index (χ0v) is 18.2. The van der Waals surface area contributed by atoms with Crippen LogP contribution in [-0.4, -0.2) is 18.0 Å². The molecule has 0 aliphatic carbocycles. The minimum absolute atomic E-state index is 0.296. The lowest BCUT2D eigenvalue weighted by atomic mass is 10.2. The highest BCUT2D eigenvalue weighted by Crippen LogP contribution is 2.22. The molecule has 0 fully saturated rings. The monoisotopic (exact) mass is 475 g/mol. The molecule has 9 heteroatoms. The minimum atomic E-state index is -0.946. The van der Waals surface area contributed by atoms with E-state index in [-0.39, 0.29) is 0 Å². The SMILES string of the molecule is O=C(N/N=C/c1cccc(OCc2ccccc2Cl)c1)C(=O)Nc1cc(Cl)cc(Cl)c1. The summed E-state index contributed by atoms with van der Waals surface area (Å²) in [7, 11) is 0. The Morgan fingerprint density at radius 2 is 1.65 bits per heavy atom. The lowest BCUT2D eigenvalue weighted by Crippen LogP contribution is -2.32. The summed E-state index contributed by atoms with van der Waals surface area (Å²) in [6.45, 7) is 0.310. The van der Waals surface area contributed by atoms with Gasteiger partial charge in [-0.25, -0.2) is 5.43 Å². The first-order valence-electron chi connectivity index (χ1n) is 8.97. The highest BCUT2D eigenvalue weighted by molar-refractivity contribution is 6.40. The molecule has 0 unspecified atom stereocenters. The van der Waals surface area contributed by atoms with E-state index in [2.05, 4.69) is 15.8 Å². The third kappa shape index (κ3) is 7.00. The maximum Gasteiger partial charge on any atom is 0.329 e. The molecule has 3 aromatic carbocycles. The number of ether oxygens (including phenoxy) is 1. The predicted molar refractivity (Wildman–Crippen MR) is 123 cm³/mol. The number of halogens is 3. The van der Waals surface area contributed by atoms with Gasteiger partial charge >= 0.3 is 11.8 Å². The number of amides is 2. The van der Waals surface area contributed by atoms with Crippen LogP contribution in [-0.2, 0) is 16.2 Å². The molecule has 0 atom stereocenters. The van der Waals surface area contributed by atoms with Gasteiger partial charge in [-0.2, -0.15) is 5.10 Å². The van der Waals surface area contributed by atoms with Crippen molar-refractivity contribution in [3.63, 3.8) is 0 Å². The molecule has 2 amide bonds. The Labute approximate surface area is 193 Å². The van der Waals surface area contributed by atoms with E-state index in [1.54, 1.807) is 30.3 Å². The van der Waals surface area contributed by atoms with Crippen molar-refractivity contribution in [2.24, 2.45) is 5.10 Å². The van der Waals surface area contributed by atoms with E-state index < -0.39 is 11.8 Å². The minimum Gasteiger partial charge on any atom is -0.489 e. The molecule has 0 saturated heterocycles. The number of anilines is 1. The Balaban J connectivity index is 1.54. The van der Waals surface area contributed by atoms with E-state index in [0.29, 0.717) is 38.7 Å². The Bertz CT molecular complexity index is 1120. The Morgan fingerprint density at radius 1 is 0.903 bits per heavy atom. The molecule has 2 N–H and O–H groups in total. The average molecular weight is 477 g/mol. The topological polar surface area (TPSA) is 79.8 Å². The number of nitrogens with zero attached hydrogens (tertiary/aromatic N) is 1. The smallest absolute Gasteiger partial charge is 0.329 e. The summed E-state index contributed by atoms with van der Waals surface area (Å²) < 4.78 is 5.75. The number of rotatable bonds is 6. The number of nitrogens with one attached hydrogen (secondary N) is 2. The second-order valence-corrected chi connectivity index (χ2v) is 7.54. The quantitative estimate of drug-likeness (QED) is 0.287. The number of benzene rings is 3. The second kappa shape index (κ2) is 10.8. The van der Waals surface area contributed by atoms with E-state index in [1.165, 1.54) is 24.4 Å². The Morgan fingerprint density at radius 3 is 2.39 bits per heavy atom. The molecule has 0 aliphatic heterocycles. The normalized spacial score (nSPS) is 10.7. The highest BCUT2D eigenvalue weighted by atomic mass is 35.5. The molecule has 6 nitrogen and oxygen atoms in total. The van der Waals surface area contributed by atoms with Crippen molar-refractivity contribution < 1.29 is 14.3 Å². The number of carbonyl (C=O) groups is 2. The van der Waals surface area contributed by atoms with Gasteiger partial charge in [-0.05, 0) is 42.0 Å². The maximum absolute atomic E-state index is 12.0. The zero-order valence-electron chi connectivity index (χ0n) is 15.9. The summed E-state index contributed by atoms with van der Waals surface area (Å²) in [4.78, 5) is 23.9. The summed E-state index contributed by atoms with van der Waals surface area (Å²) in [6, 6.07) is 18.9. The molecule has 158 valence electrons. The summed E-state index contributed by atoms with van der Waals surface area (Å²) in [5.74, 6) is -1.25. The number of hydrogen-bond acceptors (Lipinski definition) is 4. The third-order valence-corrected chi connectivity index (χ3v) is 4.72. The average Bonchev–Trinajstić information content (AvgIpc) is 2.72. The predicted octanol–water partition coefficient (Wildman–Crippen LogP) is 5.31. The molecule has 31 heavy (non-hydrogen) atoms. The molecular formula is C22H16Cl3N3O3. The van der Waals surface area contributed by atoms with Crippen LogP contribution in [0.3, 0.4) is 0 Å². The Kier molecular flexibility index (Phi) is 7.89. The van der Waals surface area contributed by atoms with Crippen LogP contribution < -0.4 is 15.5 Å². The lowest BCUT2D eigenvalue weighted by molar-refractivity contribution is -0.136. The fourth-order valence-electron chi connectivity index (χ4n) is 2.49. The summed E-state index contributed by atoms with van der Waals surface area (Å²) in [6.07, 6.45) is 1.39. The van der Waals surface area contributed by atoms with Crippen molar-refractivity contribution in [1.82, 2.24) is 5.43 Å². The van der Waals surface area contributed by atoms with Crippen LogP contribution in [0, 0.1) is 0 Å². The van der Waals surface area contributed by atoms with Gasteiger partial charge in [0, 0.05) is 26.3 Å². The number of hydrazone groups is 1. The fourth-order valence-corrected chi connectivity index (χ4v) is 3.21. The van der Waals surface area contributed by atoms with Crippen LogP contribution in [0.15, 0.2) is 71.8 Å². The molecule has 0 radical (unpaired) electrons. The first kappa shape index (κ1) is 22.6. The van der Waals surface area contributed by atoms with Crippen molar-refractivity contribution in [1.29, 1.82) is 0 Å². The first-order valence-corrected chi connectivity index (χ1v) is 10.1. The van der Waals surface area contributed by atoms with Crippen LogP contribution in [0.25, 0.3) is 0 Å². The van der Waals surface area contributed by atoms with Crippen LogP contribution in [0.4, 0.5) is 5.69 Å². The van der Waals surface area contributed by atoms with Gasteiger partial charge in [-0.15, -0.1) is 0 Å². The van der Waals surface area contributed by atoms with Gasteiger partial charge in [0.15, 0.2) is 0 Å². The summed E-state index contributed by atoms with van der Waals surface area (Å²) in [5.41, 5.74) is 3.98. The summed E-state index contributed by atoms with van der Waals surface area (Å²) >= 11 is 17.9. The largest absolute Gasteiger partial charge is 0.489 e.